The van der Waals surface area contributed by atoms with Crippen LogP contribution in [0.15, 0.2) is 0 Å². The zero-order chi connectivity index (χ0) is 10.4. The van der Waals surface area contributed by atoms with Crippen molar-refractivity contribution >= 4 is 16.1 Å². The predicted octanol–water partition coefficient (Wildman–Crippen LogP) is -0.688. The second kappa shape index (κ2) is 5.92. The van der Waals surface area contributed by atoms with E-state index >= 15 is 0 Å². The zero-order valence-electron chi connectivity index (χ0n) is 6.89. The molecule has 0 amide bonds. The summed E-state index contributed by atoms with van der Waals surface area (Å²) < 4.78 is 26.9. The van der Waals surface area contributed by atoms with Crippen LogP contribution in [0, 0.1) is 0 Å². The minimum absolute atomic E-state index is 0.201. The van der Waals surface area contributed by atoms with E-state index in [0.29, 0.717) is 0 Å². The summed E-state index contributed by atoms with van der Waals surface area (Å²) in [6.45, 7) is 2.79. The molecule has 0 heterocycles. The molecular formula is C5H13NO5S. The smallest absolute Gasteiger partial charge is 0.320 e. The number of carbonyl (C=O) groups is 1. The average Bonchev–Trinajstić information content (AvgIpc) is 1.87. The highest BCUT2D eigenvalue weighted by Gasteiger charge is 1.99. The van der Waals surface area contributed by atoms with Gasteiger partial charge in [0.05, 0.1) is 5.75 Å². The van der Waals surface area contributed by atoms with Gasteiger partial charge in [-0.15, -0.1) is 0 Å². The van der Waals surface area contributed by atoms with Gasteiger partial charge in [0.1, 0.15) is 6.04 Å². The number of hydrogen-bond donors (Lipinski definition) is 3. The molecule has 0 aliphatic rings. The molecule has 0 radical (unpaired) electrons. The Bertz CT molecular complexity index is 220. The standard InChI is InChI=1S/C3H7NO2.C2H6O3S/c1-2(4)3(5)6;1-2-6(3,4)5/h2H,4H2,1H3,(H,5,6);2H2,1H3,(H,3,4,5). The van der Waals surface area contributed by atoms with E-state index in [1.165, 1.54) is 13.8 Å². The van der Waals surface area contributed by atoms with Gasteiger partial charge in [-0.05, 0) is 13.8 Å². The SMILES string of the molecule is CC(N)C(=O)O.CCS(=O)(=O)O. The van der Waals surface area contributed by atoms with Crippen LogP contribution in [0.1, 0.15) is 13.8 Å². The van der Waals surface area contributed by atoms with Gasteiger partial charge in [-0.25, -0.2) is 0 Å². The molecule has 0 aromatic rings. The van der Waals surface area contributed by atoms with Gasteiger partial charge in [0.2, 0.25) is 0 Å². The monoisotopic (exact) mass is 199 g/mol. The predicted molar refractivity (Wildman–Crippen MR) is 43.4 cm³/mol. The Morgan fingerprint density at radius 2 is 1.75 bits per heavy atom. The molecule has 0 aromatic carbocycles. The molecule has 0 aliphatic carbocycles. The number of carboxylic acids is 1. The Labute approximate surface area is 71.1 Å². The van der Waals surface area contributed by atoms with E-state index in [2.05, 4.69) is 0 Å². The Hall–Kier alpha value is -0.660. The lowest BCUT2D eigenvalue weighted by Gasteiger charge is -1.90. The molecule has 0 fully saturated rings. The van der Waals surface area contributed by atoms with Crippen LogP contribution in [0.25, 0.3) is 0 Å². The molecular weight excluding hydrogens is 186 g/mol. The molecule has 0 bridgehead atoms. The van der Waals surface area contributed by atoms with Gasteiger partial charge < -0.3 is 10.8 Å². The lowest BCUT2D eigenvalue weighted by Crippen LogP contribution is -2.25. The molecule has 0 rings (SSSR count). The fourth-order valence-corrected chi connectivity index (χ4v) is 0. The molecule has 74 valence electrons. The van der Waals surface area contributed by atoms with Crippen LogP contribution >= 0.6 is 0 Å². The highest BCUT2D eigenvalue weighted by atomic mass is 32.2. The first-order valence-corrected chi connectivity index (χ1v) is 4.75. The van der Waals surface area contributed by atoms with Crippen molar-refractivity contribution < 1.29 is 22.9 Å². The first-order valence-electron chi connectivity index (χ1n) is 3.14. The van der Waals surface area contributed by atoms with Crippen LogP contribution < -0.4 is 5.73 Å². The van der Waals surface area contributed by atoms with E-state index in [9.17, 15) is 13.2 Å². The Balaban J connectivity index is 0. The average molecular weight is 199 g/mol. The van der Waals surface area contributed by atoms with E-state index < -0.39 is 22.1 Å². The topological polar surface area (TPSA) is 118 Å². The minimum atomic E-state index is -3.66. The lowest BCUT2D eigenvalue weighted by atomic mass is 10.4. The number of aliphatic carboxylic acids is 1. The van der Waals surface area contributed by atoms with Gasteiger partial charge in [0.15, 0.2) is 0 Å². The van der Waals surface area contributed by atoms with Gasteiger partial charge in [0.25, 0.3) is 10.1 Å². The molecule has 6 nitrogen and oxygen atoms in total. The quantitative estimate of drug-likeness (QED) is 0.507. The summed E-state index contributed by atoms with van der Waals surface area (Å²) in [5.41, 5.74) is 4.84. The summed E-state index contributed by atoms with van der Waals surface area (Å²) >= 11 is 0. The molecule has 7 heteroatoms. The van der Waals surface area contributed by atoms with E-state index in [4.69, 9.17) is 15.4 Å². The molecule has 0 saturated carbocycles. The van der Waals surface area contributed by atoms with Crippen molar-refractivity contribution in [1.29, 1.82) is 0 Å². The number of hydrogen-bond acceptors (Lipinski definition) is 4. The third kappa shape index (κ3) is 16.2. The van der Waals surface area contributed by atoms with Crippen molar-refractivity contribution in [3.63, 3.8) is 0 Å². The molecule has 4 N–H and O–H groups in total. The fourth-order valence-electron chi connectivity index (χ4n) is 0. The third-order valence-electron chi connectivity index (χ3n) is 0.754. The fraction of sp³-hybridized carbons (Fsp3) is 0.800. The molecule has 0 saturated heterocycles. The van der Waals surface area contributed by atoms with Crippen LogP contribution in [0.3, 0.4) is 0 Å². The summed E-state index contributed by atoms with van der Waals surface area (Å²) in [7, 11) is -3.66. The Morgan fingerprint density at radius 3 is 1.75 bits per heavy atom. The van der Waals surface area contributed by atoms with Crippen LogP contribution in [-0.2, 0) is 14.9 Å². The molecule has 0 spiro atoms. The Morgan fingerprint density at radius 1 is 1.58 bits per heavy atom. The lowest BCUT2D eigenvalue weighted by molar-refractivity contribution is -0.138. The van der Waals surface area contributed by atoms with E-state index in [-0.39, 0.29) is 5.75 Å². The van der Waals surface area contributed by atoms with Crippen molar-refractivity contribution in [2.24, 2.45) is 5.73 Å². The first kappa shape index (κ1) is 13.9. The van der Waals surface area contributed by atoms with Crippen LogP contribution in [0.5, 0.6) is 0 Å². The normalized spacial score (nSPS) is 12.7. The van der Waals surface area contributed by atoms with Crippen molar-refractivity contribution in [3.8, 4) is 0 Å². The highest BCUT2D eigenvalue weighted by Crippen LogP contribution is 1.74. The van der Waals surface area contributed by atoms with Crippen LogP contribution in [0.2, 0.25) is 0 Å². The molecule has 12 heavy (non-hydrogen) atoms. The summed E-state index contributed by atoms with van der Waals surface area (Å²) in [6.07, 6.45) is 0. The van der Waals surface area contributed by atoms with Gasteiger partial charge >= 0.3 is 5.97 Å². The van der Waals surface area contributed by atoms with Crippen molar-refractivity contribution in [3.05, 3.63) is 0 Å². The van der Waals surface area contributed by atoms with Gasteiger partial charge in [-0.2, -0.15) is 8.42 Å². The van der Waals surface area contributed by atoms with Crippen LogP contribution in [-0.4, -0.2) is 35.8 Å². The summed E-state index contributed by atoms with van der Waals surface area (Å²) in [5.74, 6) is -1.16. The molecule has 0 aromatic heterocycles. The molecule has 1 atom stereocenters. The second-order valence-electron chi connectivity index (χ2n) is 2.00. The van der Waals surface area contributed by atoms with Gasteiger partial charge in [0, 0.05) is 0 Å². The maximum Gasteiger partial charge on any atom is 0.320 e. The Kier molecular flexibility index (Phi) is 6.86. The summed E-state index contributed by atoms with van der Waals surface area (Å²) in [6, 6.07) is -0.731. The second-order valence-corrected chi connectivity index (χ2v) is 3.74. The van der Waals surface area contributed by atoms with Crippen molar-refractivity contribution in [1.82, 2.24) is 0 Å². The third-order valence-corrected chi connectivity index (χ3v) is 1.48. The van der Waals surface area contributed by atoms with Gasteiger partial charge in [-0.3, -0.25) is 9.35 Å². The van der Waals surface area contributed by atoms with Gasteiger partial charge in [-0.1, -0.05) is 0 Å². The van der Waals surface area contributed by atoms with E-state index in [0.717, 1.165) is 0 Å². The largest absolute Gasteiger partial charge is 0.480 e. The van der Waals surface area contributed by atoms with E-state index in [1.54, 1.807) is 0 Å². The molecule has 0 aliphatic heterocycles. The summed E-state index contributed by atoms with van der Waals surface area (Å²) in [5, 5.41) is 7.87. The van der Waals surface area contributed by atoms with Crippen LogP contribution in [0.4, 0.5) is 0 Å². The van der Waals surface area contributed by atoms with E-state index in [1.807, 2.05) is 0 Å². The molecule has 1 unspecified atom stereocenters. The summed E-state index contributed by atoms with van der Waals surface area (Å²) in [4.78, 5) is 9.57. The minimum Gasteiger partial charge on any atom is -0.480 e. The van der Waals surface area contributed by atoms with Crippen molar-refractivity contribution in [2.75, 3.05) is 5.75 Å². The number of nitrogens with two attached hydrogens (primary N) is 1. The zero-order valence-corrected chi connectivity index (χ0v) is 7.71. The number of rotatable bonds is 2. The first-order chi connectivity index (χ1) is 5.20. The highest BCUT2D eigenvalue weighted by molar-refractivity contribution is 7.85. The maximum absolute atomic E-state index is 9.57. The van der Waals surface area contributed by atoms with Crippen molar-refractivity contribution in [2.45, 2.75) is 19.9 Å². The maximum atomic E-state index is 9.57. The number of carboxylic acid groups (broad SMARTS) is 1.